The van der Waals surface area contributed by atoms with Crippen LogP contribution in [-0.2, 0) is 11.2 Å². The van der Waals surface area contributed by atoms with Crippen molar-refractivity contribution in [3.63, 3.8) is 0 Å². The third-order valence-corrected chi connectivity index (χ3v) is 2.82. The molecule has 0 unspecified atom stereocenters. The van der Waals surface area contributed by atoms with Gasteiger partial charge in [-0.3, -0.25) is 14.9 Å². The summed E-state index contributed by atoms with van der Waals surface area (Å²) in [6, 6.07) is 14.6. The average Bonchev–Trinajstić information content (AvgIpc) is 2.46. The number of hydrogen-bond acceptors (Lipinski definition) is 2. The van der Waals surface area contributed by atoms with E-state index in [9.17, 15) is 14.0 Å². The minimum Gasteiger partial charge on any atom is -0.292 e. The number of carbonyl (C=O) groups is 2. The van der Waals surface area contributed by atoms with Gasteiger partial charge < -0.3 is 0 Å². The lowest BCUT2D eigenvalue weighted by Gasteiger charge is -2.04. The molecule has 102 valence electrons. The Bertz CT molecular complexity index is 611. The van der Waals surface area contributed by atoms with Crippen LogP contribution >= 0.6 is 0 Å². The molecule has 0 aromatic heterocycles. The molecule has 0 spiro atoms. The minimum atomic E-state index is -0.421. The van der Waals surface area contributed by atoms with Crippen molar-refractivity contribution in [2.45, 2.75) is 12.8 Å². The molecule has 0 aliphatic heterocycles. The van der Waals surface area contributed by atoms with Gasteiger partial charge in [-0.05, 0) is 36.2 Å². The first-order valence-electron chi connectivity index (χ1n) is 6.29. The van der Waals surface area contributed by atoms with Gasteiger partial charge in [-0.15, -0.1) is 0 Å². The molecule has 0 fully saturated rings. The largest absolute Gasteiger partial charge is 0.292 e. The van der Waals surface area contributed by atoms with Crippen LogP contribution in [0.4, 0.5) is 4.39 Å². The van der Waals surface area contributed by atoms with Crippen molar-refractivity contribution in [3.05, 3.63) is 71.5 Å². The predicted octanol–water partition coefficient (Wildman–Crippen LogP) is 2.71. The molecule has 2 aromatic carbocycles. The van der Waals surface area contributed by atoms with E-state index in [0.717, 1.165) is 5.56 Å². The molecular weight excluding hydrogens is 257 g/mol. The lowest BCUT2D eigenvalue weighted by molar-refractivity contribution is -0.120. The van der Waals surface area contributed by atoms with Gasteiger partial charge in [0, 0.05) is 12.0 Å². The van der Waals surface area contributed by atoms with Gasteiger partial charge in [0.1, 0.15) is 5.82 Å². The number of nitrogens with one attached hydrogen (secondary N) is 1. The molecule has 0 saturated carbocycles. The molecule has 0 saturated heterocycles. The van der Waals surface area contributed by atoms with Crippen molar-refractivity contribution in [2.75, 3.05) is 0 Å². The standard InChI is InChI=1S/C16H14FNO2/c17-14-8-4-5-12(11-14)9-10-15(19)18-16(20)13-6-2-1-3-7-13/h1-8,11H,9-10H2,(H,18,19,20). The maximum atomic E-state index is 13.0. The van der Waals surface area contributed by atoms with Crippen molar-refractivity contribution >= 4 is 11.8 Å². The fraction of sp³-hybridized carbons (Fsp3) is 0.125. The Morgan fingerprint density at radius 1 is 1.00 bits per heavy atom. The van der Waals surface area contributed by atoms with Gasteiger partial charge in [-0.25, -0.2) is 4.39 Å². The second-order valence-electron chi connectivity index (χ2n) is 4.37. The van der Waals surface area contributed by atoms with Gasteiger partial charge >= 0.3 is 0 Å². The zero-order chi connectivity index (χ0) is 14.4. The topological polar surface area (TPSA) is 46.2 Å². The van der Waals surface area contributed by atoms with Crippen molar-refractivity contribution < 1.29 is 14.0 Å². The quantitative estimate of drug-likeness (QED) is 0.929. The van der Waals surface area contributed by atoms with Gasteiger partial charge in [0.2, 0.25) is 5.91 Å². The van der Waals surface area contributed by atoms with E-state index in [1.165, 1.54) is 12.1 Å². The molecule has 2 rings (SSSR count). The van der Waals surface area contributed by atoms with Crippen LogP contribution in [-0.4, -0.2) is 11.8 Å². The summed E-state index contributed by atoms with van der Waals surface area (Å²) < 4.78 is 13.0. The maximum Gasteiger partial charge on any atom is 0.257 e. The Morgan fingerprint density at radius 3 is 2.45 bits per heavy atom. The number of halogens is 1. The molecule has 2 amide bonds. The van der Waals surface area contributed by atoms with Crippen molar-refractivity contribution in [1.29, 1.82) is 0 Å². The Morgan fingerprint density at radius 2 is 1.75 bits per heavy atom. The van der Waals surface area contributed by atoms with Crippen LogP contribution < -0.4 is 5.32 Å². The summed E-state index contributed by atoms with van der Waals surface area (Å²) in [5.74, 6) is -1.12. The summed E-state index contributed by atoms with van der Waals surface area (Å²) in [6.45, 7) is 0. The average molecular weight is 271 g/mol. The van der Waals surface area contributed by atoms with E-state index in [-0.39, 0.29) is 18.1 Å². The van der Waals surface area contributed by atoms with E-state index in [1.807, 2.05) is 0 Å². The van der Waals surface area contributed by atoms with Crippen LogP contribution in [0.2, 0.25) is 0 Å². The Labute approximate surface area is 116 Å². The highest BCUT2D eigenvalue weighted by Crippen LogP contribution is 2.06. The smallest absolute Gasteiger partial charge is 0.257 e. The predicted molar refractivity (Wildman–Crippen MR) is 73.6 cm³/mol. The molecular formula is C16H14FNO2. The number of amides is 2. The van der Waals surface area contributed by atoms with E-state index in [1.54, 1.807) is 42.5 Å². The van der Waals surface area contributed by atoms with Crippen LogP contribution in [0.25, 0.3) is 0 Å². The summed E-state index contributed by atoms with van der Waals surface area (Å²) >= 11 is 0. The Hall–Kier alpha value is -2.49. The van der Waals surface area contributed by atoms with Gasteiger partial charge in [0.25, 0.3) is 5.91 Å². The highest BCUT2D eigenvalue weighted by atomic mass is 19.1. The molecule has 1 N–H and O–H groups in total. The molecule has 0 radical (unpaired) electrons. The molecule has 0 heterocycles. The van der Waals surface area contributed by atoms with Gasteiger partial charge in [-0.1, -0.05) is 30.3 Å². The van der Waals surface area contributed by atoms with Crippen LogP contribution in [0.3, 0.4) is 0 Å². The van der Waals surface area contributed by atoms with Gasteiger partial charge in [0.15, 0.2) is 0 Å². The fourth-order valence-corrected chi connectivity index (χ4v) is 1.80. The lowest BCUT2D eigenvalue weighted by Crippen LogP contribution is -2.30. The molecule has 4 heteroatoms. The summed E-state index contributed by atoms with van der Waals surface area (Å²) in [4.78, 5) is 23.4. The number of imide groups is 1. The fourth-order valence-electron chi connectivity index (χ4n) is 1.80. The summed E-state index contributed by atoms with van der Waals surface area (Å²) in [6.07, 6.45) is 0.535. The van der Waals surface area contributed by atoms with E-state index in [0.29, 0.717) is 12.0 Å². The molecule has 0 aliphatic rings. The highest BCUT2D eigenvalue weighted by molar-refractivity contribution is 6.04. The third-order valence-electron chi connectivity index (χ3n) is 2.82. The zero-order valence-electron chi connectivity index (χ0n) is 10.8. The molecule has 0 bridgehead atoms. The first kappa shape index (κ1) is 13.9. The van der Waals surface area contributed by atoms with Gasteiger partial charge in [0.05, 0.1) is 0 Å². The highest BCUT2D eigenvalue weighted by Gasteiger charge is 2.09. The first-order valence-corrected chi connectivity index (χ1v) is 6.29. The number of benzene rings is 2. The molecule has 0 atom stereocenters. The summed E-state index contributed by atoms with van der Waals surface area (Å²) in [5, 5.41) is 2.31. The minimum absolute atomic E-state index is 0.141. The van der Waals surface area contributed by atoms with Crippen molar-refractivity contribution in [1.82, 2.24) is 5.32 Å². The first-order chi connectivity index (χ1) is 9.65. The van der Waals surface area contributed by atoms with Crippen molar-refractivity contribution in [2.24, 2.45) is 0 Å². The molecule has 20 heavy (non-hydrogen) atoms. The Kier molecular flexibility index (Phi) is 4.60. The number of carbonyl (C=O) groups excluding carboxylic acids is 2. The maximum absolute atomic E-state index is 13.0. The van der Waals surface area contributed by atoms with Crippen LogP contribution in [0, 0.1) is 5.82 Å². The Balaban J connectivity index is 1.85. The monoisotopic (exact) mass is 271 g/mol. The molecule has 3 nitrogen and oxygen atoms in total. The van der Waals surface area contributed by atoms with E-state index < -0.39 is 5.91 Å². The summed E-state index contributed by atoms with van der Waals surface area (Å²) in [5.41, 5.74) is 1.17. The van der Waals surface area contributed by atoms with Crippen LogP contribution in [0.15, 0.2) is 54.6 Å². The van der Waals surface area contributed by atoms with Crippen LogP contribution in [0.5, 0.6) is 0 Å². The SMILES string of the molecule is O=C(CCc1cccc(F)c1)NC(=O)c1ccccc1. The van der Waals surface area contributed by atoms with E-state index >= 15 is 0 Å². The normalized spacial score (nSPS) is 10.1. The third kappa shape index (κ3) is 4.02. The number of aryl methyl sites for hydroxylation is 1. The molecule has 2 aromatic rings. The van der Waals surface area contributed by atoms with Gasteiger partial charge in [-0.2, -0.15) is 0 Å². The second kappa shape index (κ2) is 6.61. The van der Waals surface area contributed by atoms with E-state index in [2.05, 4.69) is 5.32 Å². The second-order valence-corrected chi connectivity index (χ2v) is 4.37. The van der Waals surface area contributed by atoms with Crippen LogP contribution in [0.1, 0.15) is 22.3 Å². The van der Waals surface area contributed by atoms with E-state index in [4.69, 9.17) is 0 Å². The summed E-state index contributed by atoms with van der Waals surface area (Å²) in [7, 11) is 0. The number of hydrogen-bond donors (Lipinski definition) is 1. The zero-order valence-corrected chi connectivity index (χ0v) is 10.8. The molecule has 0 aliphatic carbocycles. The van der Waals surface area contributed by atoms with Crippen molar-refractivity contribution in [3.8, 4) is 0 Å². The lowest BCUT2D eigenvalue weighted by atomic mass is 10.1. The number of rotatable bonds is 4.